The molecule has 144 valence electrons. The molecule has 0 saturated carbocycles. The van der Waals surface area contributed by atoms with E-state index in [1.54, 1.807) is 0 Å². The van der Waals surface area contributed by atoms with Gasteiger partial charge in [0.1, 0.15) is 0 Å². The number of carbonyl (C=O) groups is 2. The van der Waals surface area contributed by atoms with Crippen LogP contribution in [-0.4, -0.2) is 34.9 Å². The van der Waals surface area contributed by atoms with Gasteiger partial charge in [0.2, 0.25) is 0 Å². The SMILES string of the molecule is O=C(COC(=O)c1ccc([N+](=O)[O-])cc1Cl)NCCc1c[nH]c2ccccc12. The molecule has 3 aromatic rings. The summed E-state index contributed by atoms with van der Waals surface area (Å²) in [6.07, 6.45) is 2.52. The predicted octanol–water partition coefficient (Wildman–Crippen LogP) is 3.25. The lowest BCUT2D eigenvalue weighted by molar-refractivity contribution is -0.384. The number of carbonyl (C=O) groups excluding carboxylic acids is 2. The van der Waals surface area contributed by atoms with E-state index >= 15 is 0 Å². The summed E-state index contributed by atoms with van der Waals surface area (Å²) in [5.41, 5.74) is 1.82. The van der Waals surface area contributed by atoms with E-state index in [2.05, 4.69) is 10.3 Å². The first-order valence-electron chi connectivity index (χ1n) is 8.38. The summed E-state index contributed by atoms with van der Waals surface area (Å²) in [6, 6.07) is 11.2. The number of amides is 1. The Morgan fingerprint density at radius 3 is 2.75 bits per heavy atom. The summed E-state index contributed by atoms with van der Waals surface area (Å²) in [5.74, 6) is -1.28. The molecule has 0 aliphatic carbocycles. The van der Waals surface area contributed by atoms with Gasteiger partial charge in [0, 0.05) is 35.8 Å². The summed E-state index contributed by atoms with van der Waals surface area (Å²) in [6.45, 7) is -0.0868. The van der Waals surface area contributed by atoms with Crippen LogP contribution in [0.4, 0.5) is 5.69 Å². The van der Waals surface area contributed by atoms with Crippen LogP contribution in [0.25, 0.3) is 10.9 Å². The quantitative estimate of drug-likeness (QED) is 0.358. The lowest BCUT2D eigenvalue weighted by atomic mass is 10.1. The number of halogens is 1. The first-order chi connectivity index (χ1) is 13.5. The maximum Gasteiger partial charge on any atom is 0.340 e. The van der Waals surface area contributed by atoms with Crippen molar-refractivity contribution in [3.63, 3.8) is 0 Å². The standard InChI is InChI=1S/C19H16ClN3O5/c20-16-9-13(23(26)27)5-6-15(16)19(25)28-11-18(24)21-8-7-12-10-22-17-4-2-1-3-14(12)17/h1-6,9-10,22H,7-8,11H2,(H,21,24). The highest BCUT2D eigenvalue weighted by molar-refractivity contribution is 6.33. The fourth-order valence-electron chi connectivity index (χ4n) is 2.72. The lowest BCUT2D eigenvalue weighted by Gasteiger charge is -2.07. The molecular formula is C19H16ClN3O5. The molecule has 1 amide bonds. The highest BCUT2D eigenvalue weighted by Crippen LogP contribution is 2.23. The molecule has 0 aliphatic rings. The van der Waals surface area contributed by atoms with Crippen LogP contribution >= 0.6 is 11.6 Å². The van der Waals surface area contributed by atoms with E-state index in [4.69, 9.17) is 16.3 Å². The fourth-order valence-corrected chi connectivity index (χ4v) is 2.97. The Labute approximate surface area is 164 Å². The second-order valence-electron chi connectivity index (χ2n) is 5.96. The van der Waals surface area contributed by atoms with Crippen molar-refractivity contribution in [1.29, 1.82) is 0 Å². The molecule has 0 unspecified atom stereocenters. The van der Waals surface area contributed by atoms with Crippen molar-refractivity contribution in [1.82, 2.24) is 10.3 Å². The van der Waals surface area contributed by atoms with E-state index in [0.29, 0.717) is 13.0 Å². The van der Waals surface area contributed by atoms with Crippen molar-refractivity contribution in [2.75, 3.05) is 13.2 Å². The van der Waals surface area contributed by atoms with Gasteiger partial charge in [0.15, 0.2) is 6.61 Å². The number of nitrogens with one attached hydrogen (secondary N) is 2. The third kappa shape index (κ3) is 4.47. The number of hydrogen-bond acceptors (Lipinski definition) is 5. The van der Waals surface area contributed by atoms with Gasteiger partial charge in [0.05, 0.1) is 15.5 Å². The second kappa shape index (κ2) is 8.53. The predicted molar refractivity (Wildman–Crippen MR) is 103 cm³/mol. The van der Waals surface area contributed by atoms with Gasteiger partial charge in [-0.2, -0.15) is 0 Å². The van der Waals surface area contributed by atoms with Gasteiger partial charge >= 0.3 is 5.97 Å². The number of non-ortho nitro benzene ring substituents is 1. The zero-order valence-corrected chi connectivity index (χ0v) is 15.4. The topological polar surface area (TPSA) is 114 Å². The van der Waals surface area contributed by atoms with Crippen molar-refractivity contribution in [2.24, 2.45) is 0 Å². The van der Waals surface area contributed by atoms with E-state index in [1.165, 1.54) is 6.07 Å². The average molecular weight is 402 g/mol. The van der Waals surface area contributed by atoms with Gasteiger partial charge in [-0.1, -0.05) is 29.8 Å². The van der Waals surface area contributed by atoms with Crippen molar-refractivity contribution >= 4 is 40.1 Å². The maximum atomic E-state index is 12.0. The molecular weight excluding hydrogens is 386 g/mol. The summed E-state index contributed by atoms with van der Waals surface area (Å²) in [4.78, 5) is 37.1. The normalized spacial score (nSPS) is 10.6. The zero-order chi connectivity index (χ0) is 20.1. The fraction of sp³-hybridized carbons (Fsp3) is 0.158. The minimum atomic E-state index is -0.827. The first kappa shape index (κ1) is 19.4. The summed E-state index contributed by atoms with van der Waals surface area (Å²) in [5, 5.41) is 14.3. The van der Waals surface area contributed by atoms with Gasteiger partial charge < -0.3 is 15.0 Å². The van der Waals surface area contributed by atoms with E-state index in [-0.39, 0.29) is 16.3 Å². The van der Waals surface area contributed by atoms with Crippen LogP contribution in [0.15, 0.2) is 48.7 Å². The molecule has 3 rings (SSSR count). The van der Waals surface area contributed by atoms with Gasteiger partial charge in [-0.05, 0) is 24.1 Å². The molecule has 1 aromatic heterocycles. The number of para-hydroxylation sites is 1. The lowest BCUT2D eigenvalue weighted by Crippen LogP contribution is -2.30. The summed E-state index contributed by atoms with van der Waals surface area (Å²) < 4.78 is 4.92. The molecule has 0 fully saturated rings. The number of hydrogen-bond donors (Lipinski definition) is 2. The summed E-state index contributed by atoms with van der Waals surface area (Å²) >= 11 is 5.86. The van der Waals surface area contributed by atoms with Crippen molar-refractivity contribution in [3.8, 4) is 0 Å². The molecule has 2 aromatic carbocycles. The number of ether oxygens (including phenoxy) is 1. The molecule has 1 heterocycles. The first-order valence-corrected chi connectivity index (χ1v) is 8.76. The molecule has 28 heavy (non-hydrogen) atoms. The van der Waals surface area contributed by atoms with E-state index in [9.17, 15) is 19.7 Å². The van der Waals surface area contributed by atoms with Crippen molar-refractivity contribution in [2.45, 2.75) is 6.42 Å². The number of aromatic amines is 1. The van der Waals surface area contributed by atoms with Crippen LogP contribution in [0.3, 0.4) is 0 Å². The van der Waals surface area contributed by atoms with Crippen molar-refractivity contribution in [3.05, 3.63) is 74.9 Å². The zero-order valence-electron chi connectivity index (χ0n) is 14.6. The minimum absolute atomic E-state index is 0.0427. The number of nitro benzene ring substituents is 1. The van der Waals surface area contributed by atoms with E-state index in [0.717, 1.165) is 28.6 Å². The van der Waals surface area contributed by atoms with Crippen LogP contribution in [0.5, 0.6) is 0 Å². The Kier molecular flexibility index (Phi) is 5.90. The minimum Gasteiger partial charge on any atom is -0.452 e. The Balaban J connectivity index is 1.47. The van der Waals surface area contributed by atoms with E-state index in [1.807, 2.05) is 30.5 Å². The Morgan fingerprint density at radius 2 is 2.00 bits per heavy atom. The monoisotopic (exact) mass is 401 g/mol. The number of H-pyrrole nitrogens is 1. The second-order valence-corrected chi connectivity index (χ2v) is 6.36. The Bertz CT molecular complexity index is 1050. The van der Waals surface area contributed by atoms with Gasteiger partial charge in [0.25, 0.3) is 11.6 Å². The van der Waals surface area contributed by atoms with E-state index < -0.39 is 23.4 Å². The Morgan fingerprint density at radius 1 is 1.21 bits per heavy atom. The van der Waals surface area contributed by atoms with Gasteiger partial charge in [-0.3, -0.25) is 14.9 Å². The highest BCUT2D eigenvalue weighted by atomic mass is 35.5. The van der Waals surface area contributed by atoms with Crippen LogP contribution in [0, 0.1) is 10.1 Å². The van der Waals surface area contributed by atoms with Crippen molar-refractivity contribution < 1.29 is 19.2 Å². The smallest absolute Gasteiger partial charge is 0.340 e. The number of nitro groups is 1. The molecule has 0 saturated heterocycles. The molecule has 2 N–H and O–H groups in total. The third-order valence-electron chi connectivity index (χ3n) is 4.11. The van der Waals surface area contributed by atoms with Crippen LogP contribution < -0.4 is 5.32 Å². The van der Waals surface area contributed by atoms with Crippen LogP contribution in [0.1, 0.15) is 15.9 Å². The van der Waals surface area contributed by atoms with Crippen LogP contribution in [0.2, 0.25) is 5.02 Å². The maximum absolute atomic E-state index is 12.0. The largest absolute Gasteiger partial charge is 0.452 e. The number of benzene rings is 2. The number of esters is 1. The molecule has 0 atom stereocenters. The average Bonchev–Trinajstić information content (AvgIpc) is 3.09. The third-order valence-corrected chi connectivity index (χ3v) is 4.42. The molecule has 0 spiro atoms. The number of nitrogens with zero attached hydrogens (tertiary/aromatic N) is 1. The Hall–Kier alpha value is -3.39. The molecule has 8 nitrogen and oxygen atoms in total. The van der Waals surface area contributed by atoms with Gasteiger partial charge in [-0.15, -0.1) is 0 Å². The number of aromatic nitrogens is 1. The number of fused-ring (bicyclic) bond motifs is 1. The van der Waals surface area contributed by atoms with Crippen LogP contribution in [-0.2, 0) is 16.0 Å². The molecule has 9 heteroatoms. The number of rotatable bonds is 7. The molecule has 0 aliphatic heterocycles. The highest BCUT2D eigenvalue weighted by Gasteiger charge is 2.17. The molecule has 0 radical (unpaired) electrons. The van der Waals surface area contributed by atoms with Gasteiger partial charge in [-0.25, -0.2) is 4.79 Å². The molecule has 0 bridgehead atoms. The summed E-state index contributed by atoms with van der Waals surface area (Å²) in [7, 11) is 0.